The minimum absolute atomic E-state index is 0.320. The van der Waals surface area contributed by atoms with Crippen molar-refractivity contribution in [3.63, 3.8) is 0 Å². The molecule has 0 amide bonds. The quantitative estimate of drug-likeness (QED) is 0.576. The van der Waals surface area contributed by atoms with Gasteiger partial charge < -0.3 is 0 Å². The van der Waals surface area contributed by atoms with Crippen LogP contribution in [0.2, 0.25) is 0 Å². The highest BCUT2D eigenvalue weighted by atomic mass is 79.9. The molecule has 0 saturated heterocycles. The third-order valence-electron chi connectivity index (χ3n) is 1.10. The molecule has 0 saturated carbocycles. The summed E-state index contributed by atoms with van der Waals surface area (Å²) in [5.41, 5.74) is 1.09. The van der Waals surface area contributed by atoms with Gasteiger partial charge in [-0.3, -0.25) is 0 Å². The van der Waals surface area contributed by atoms with Gasteiger partial charge in [-0.05, 0) is 22.9 Å². The maximum absolute atomic E-state index is 3.98. The van der Waals surface area contributed by atoms with Crippen molar-refractivity contribution >= 4 is 31.9 Å². The molecule has 54 valence electrons. The highest BCUT2D eigenvalue weighted by molar-refractivity contribution is 9.10. The standard InChI is InChI=1S/C6H6Br2N2/c1-4(7)5-2-9-6(8)10-3-5/h2-4H,1H3. The Morgan fingerprint density at radius 1 is 1.40 bits per heavy atom. The summed E-state index contributed by atoms with van der Waals surface area (Å²) in [4.78, 5) is 8.27. The minimum Gasteiger partial charge on any atom is -0.230 e. The molecule has 0 fully saturated rings. The van der Waals surface area contributed by atoms with E-state index in [0.29, 0.717) is 9.56 Å². The number of hydrogen-bond acceptors (Lipinski definition) is 2. The molecule has 1 atom stereocenters. The summed E-state index contributed by atoms with van der Waals surface area (Å²) < 4.78 is 0.629. The number of rotatable bonds is 1. The number of halogens is 2. The lowest BCUT2D eigenvalue weighted by Crippen LogP contribution is -1.88. The van der Waals surface area contributed by atoms with Gasteiger partial charge in [0.1, 0.15) is 0 Å². The Balaban J connectivity index is 2.89. The Bertz CT molecular complexity index is 207. The Hall–Kier alpha value is 0.0400. The van der Waals surface area contributed by atoms with E-state index in [1.54, 1.807) is 12.4 Å². The largest absolute Gasteiger partial charge is 0.230 e. The van der Waals surface area contributed by atoms with Crippen molar-refractivity contribution in [3.8, 4) is 0 Å². The summed E-state index contributed by atoms with van der Waals surface area (Å²) in [5, 5.41) is 0. The summed E-state index contributed by atoms with van der Waals surface area (Å²) in [6.45, 7) is 2.03. The van der Waals surface area contributed by atoms with E-state index in [9.17, 15) is 0 Å². The molecule has 0 bridgehead atoms. The van der Waals surface area contributed by atoms with E-state index in [1.807, 2.05) is 6.92 Å². The first-order valence-electron chi connectivity index (χ1n) is 2.81. The van der Waals surface area contributed by atoms with Gasteiger partial charge >= 0.3 is 0 Å². The monoisotopic (exact) mass is 264 g/mol. The van der Waals surface area contributed by atoms with Crippen molar-refractivity contribution in [1.82, 2.24) is 9.97 Å². The van der Waals surface area contributed by atoms with Gasteiger partial charge in [0.2, 0.25) is 0 Å². The molecule has 2 nitrogen and oxygen atoms in total. The van der Waals surface area contributed by atoms with Crippen molar-refractivity contribution in [2.24, 2.45) is 0 Å². The molecule has 0 spiro atoms. The zero-order chi connectivity index (χ0) is 7.56. The average Bonchev–Trinajstić information content (AvgIpc) is 1.88. The van der Waals surface area contributed by atoms with Crippen LogP contribution >= 0.6 is 31.9 Å². The first kappa shape index (κ1) is 8.14. The summed E-state index contributed by atoms with van der Waals surface area (Å²) in [5.74, 6) is 0. The topological polar surface area (TPSA) is 25.8 Å². The van der Waals surface area contributed by atoms with Crippen LogP contribution in [0.15, 0.2) is 17.1 Å². The zero-order valence-corrected chi connectivity index (χ0v) is 8.55. The predicted octanol–water partition coefficient (Wildman–Crippen LogP) is 2.70. The lowest BCUT2D eigenvalue weighted by Gasteiger charge is -1.99. The van der Waals surface area contributed by atoms with Crippen LogP contribution in [0.25, 0.3) is 0 Å². The normalized spacial score (nSPS) is 13.1. The fourth-order valence-electron chi connectivity index (χ4n) is 0.528. The van der Waals surface area contributed by atoms with Crippen LogP contribution in [0.3, 0.4) is 0 Å². The Morgan fingerprint density at radius 3 is 2.30 bits per heavy atom. The number of alkyl halides is 1. The maximum Gasteiger partial charge on any atom is 0.196 e. The van der Waals surface area contributed by atoms with Crippen LogP contribution in [-0.2, 0) is 0 Å². The Kier molecular flexibility index (Phi) is 2.80. The van der Waals surface area contributed by atoms with Crippen LogP contribution in [0.4, 0.5) is 0 Å². The molecular formula is C6H6Br2N2. The molecule has 1 unspecified atom stereocenters. The summed E-state index contributed by atoms with van der Waals surface area (Å²) in [6.07, 6.45) is 3.58. The van der Waals surface area contributed by atoms with Gasteiger partial charge in [-0.25, -0.2) is 9.97 Å². The van der Waals surface area contributed by atoms with Crippen LogP contribution in [0, 0.1) is 0 Å². The highest BCUT2D eigenvalue weighted by Crippen LogP contribution is 2.19. The lowest BCUT2D eigenvalue weighted by atomic mass is 10.3. The molecule has 0 radical (unpaired) electrons. The van der Waals surface area contributed by atoms with E-state index in [2.05, 4.69) is 41.8 Å². The third kappa shape index (κ3) is 2.02. The fraction of sp³-hybridized carbons (Fsp3) is 0.333. The van der Waals surface area contributed by atoms with Gasteiger partial charge in [0, 0.05) is 22.8 Å². The van der Waals surface area contributed by atoms with E-state index in [0.717, 1.165) is 5.56 Å². The van der Waals surface area contributed by atoms with Crippen LogP contribution in [-0.4, -0.2) is 9.97 Å². The molecule has 0 aliphatic rings. The van der Waals surface area contributed by atoms with E-state index < -0.39 is 0 Å². The SMILES string of the molecule is CC(Br)c1cnc(Br)nc1. The van der Waals surface area contributed by atoms with Crippen molar-refractivity contribution in [3.05, 3.63) is 22.7 Å². The number of nitrogens with zero attached hydrogens (tertiary/aromatic N) is 2. The minimum atomic E-state index is 0.320. The molecule has 10 heavy (non-hydrogen) atoms. The van der Waals surface area contributed by atoms with Crippen LogP contribution in [0.5, 0.6) is 0 Å². The second-order valence-corrected chi connectivity index (χ2v) is 3.98. The number of aromatic nitrogens is 2. The van der Waals surface area contributed by atoms with Gasteiger partial charge in [0.05, 0.1) is 0 Å². The maximum atomic E-state index is 3.98. The van der Waals surface area contributed by atoms with Gasteiger partial charge in [-0.2, -0.15) is 0 Å². The summed E-state index contributed by atoms with van der Waals surface area (Å²) in [6, 6.07) is 0. The molecular weight excluding hydrogens is 260 g/mol. The summed E-state index contributed by atoms with van der Waals surface area (Å²) in [7, 11) is 0. The van der Waals surface area contributed by atoms with E-state index in [4.69, 9.17) is 0 Å². The molecule has 1 heterocycles. The molecule has 0 aliphatic heterocycles. The Morgan fingerprint density at radius 2 is 1.90 bits per heavy atom. The molecule has 0 N–H and O–H groups in total. The Labute approximate surface area is 76.3 Å². The molecule has 1 aromatic heterocycles. The fourth-order valence-corrected chi connectivity index (χ4v) is 0.969. The van der Waals surface area contributed by atoms with Crippen molar-refractivity contribution in [2.45, 2.75) is 11.8 Å². The first-order valence-corrected chi connectivity index (χ1v) is 4.52. The lowest BCUT2D eigenvalue weighted by molar-refractivity contribution is 1.01. The molecule has 0 aliphatic carbocycles. The summed E-state index contributed by atoms with van der Waals surface area (Å²) >= 11 is 6.57. The smallest absolute Gasteiger partial charge is 0.196 e. The van der Waals surface area contributed by atoms with Crippen molar-refractivity contribution in [1.29, 1.82) is 0 Å². The van der Waals surface area contributed by atoms with Gasteiger partial charge in [-0.15, -0.1) is 0 Å². The molecule has 1 rings (SSSR count). The van der Waals surface area contributed by atoms with Gasteiger partial charge in [-0.1, -0.05) is 15.9 Å². The molecule has 1 aromatic rings. The van der Waals surface area contributed by atoms with Crippen LogP contribution < -0.4 is 0 Å². The second kappa shape index (κ2) is 3.44. The predicted molar refractivity (Wildman–Crippen MR) is 47.1 cm³/mol. The average molecular weight is 266 g/mol. The zero-order valence-electron chi connectivity index (χ0n) is 5.38. The third-order valence-corrected chi connectivity index (χ3v) is 2.04. The van der Waals surface area contributed by atoms with E-state index in [-0.39, 0.29) is 0 Å². The number of hydrogen-bond donors (Lipinski definition) is 0. The van der Waals surface area contributed by atoms with Crippen LogP contribution in [0.1, 0.15) is 17.3 Å². The second-order valence-electron chi connectivity index (χ2n) is 1.90. The van der Waals surface area contributed by atoms with Gasteiger partial charge in [0.15, 0.2) is 4.73 Å². The van der Waals surface area contributed by atoms with E-state index >= 15 is 0 Å². The first-order chi connectivity index (χ1) is 4.70. The highest BCUT2D eigenvalue weighted by Gasteiger charge is 1.99. The van der Waals surface area contributed by atoms with E-state index in [1.165, 1.54) is 0 Å². The van der Waals surface area contributed by atoms with Crippen molar-refractivity contribution < 1.29 is 0 Å². The van der Waals surface area contributed by atoms with Gasteiger partial charge in [0.25, 0.3) is 0 Å². The van der Waals surface area contributed by atoms with Crippen molar-refractivity contribution in [2.75, 3.05) is 0 Å². The molecule has 0 aromatic carbocycles. The molecule has 4 heteroatoms.